The summed E-state index contributed by atoms with van der Waals surface area (Å²) >= 11 is 1.20. The molecule has 1 aromatic heterocycles. The van der Waals surface area contributed by atoms with Crippen molar-refractivity contribution in [3.05, 3.63) is 34.5 Å². The Morgan fingerprint density at radius 2 is 1.97 bits per heavy atom. The molecule has 1 unspecified atom stereocenters. The number of esters is 1. The molecule has 8 nitrogen and oxygen atoms in total. The molecule has 1 saturated heterocycles. The van der Waals surface area contributed by atoms with Crippen molar-refractivity contribution in [2.24, 2.45) is 0 Å². The second-order valence-electron chi connectivity index (χ2n) is 6.63. The minimum absolute atomic E-state index is 0.320. The van der Waals surface area contributed by atoms with E-state index in [2.05, 4.69) is 14.9 Å². The smallest absolute Gasteiger partial charge is 0.349 e. The number of nitrogens with zero attached hydrogens (tertiary/aromatic N) is 1. The van der Waals surface area contributed by atoms with E-state index in [4.69, 9.17) is 14.2 Å². The number of hydrogen-bond donors (Lipinski definition) is 2. The first-order valence-electron chi connectivity index (χ1n) is 10.7. The molecule has 0 spiro atoms. The highest BCUT2D eigenvalue weighted by atomic mass is 32.2. The molecule has 0 bridgehead atoms. The largest absolute Gasteiger partial charge is 0.494 e. The van der Waals surface area contributed by atoms with E-state index >= 15 is 0 Å². The number of rotatable bonds is 10. The predicted molar refractivity (Wildman–Crippen MR) is 130 cm³/mol. The van der Waals surface area contributed by atoms with Crippen LogP contribution in [0.25, 0.3) is 0 Å². The minimum atomic E-state index is -1.62. The number of hydrogen-bond acceptors (Lipinski definition) is 8. The molecule has 2 aromatic rings. The van der Waals surface area contributed by atoms with E-state index in [1.807, 2.05) is 32.0 Å². The third-order valence-electron chi connectivity index (χ3n) is 4.69. The SMILES string of the molecule is CC.COC(=O)c1sccc1S(=O)Nc1ccc(NCCCN2CCOCC2)cc1OC. The van der Waals surface area contributed by atoms with Crippen LogP contribution in [0.4, 0.5) is 11.4 Å². The average Bonchev–Trinajstić information content (AvgIpc) is 3.34. The fraction of sp³-hybridized carbons (Fsp3) is 0.500. The zero-order valence-corrected chi connectivity index (χ0v) is 20.8. The molecule has 2 N–H and O–H groups in total. The van der Waals surface area contributed by atoms with E-state index in [0.29, 0.717) is 21.2 Å². The number of carbonyl (C=O) groups is 1. The van der Waals surface area contributed by atoms with Crippen LogP contribution in [-0.2, 0) is 20.5 Å². The molecule has 32 heavy (non-hydrogen) atoms. The van der Waals surface area contributed by atoms with Gasteiger partial charge in [-0.3, -0.25) is 9.62 Å². The van der Waals surface area contributed by atoms with E-state index in [-0.39, 0.29) is 0 Å². The lowest BCUT2D eigenvalue weighted by atomic mass is 10.2. The first kappa shape index (κ1) is 26.1. The van der Waals surface area contributed by atoms with Gasteiger partial charge in [-0.25, -0.2) is 9.00 Å². The summed E-state index contributed by atoms with van der Waals surface area (Å²) in [5, 5.41) is 5.11. The number of methoxy groups -OCH3 is 2. The summed E-state index contributed by atoms with van der Waals surface area (Å²) < 4.78 is 31.2. The zero-order chi connectivity index (χ0) is 23.3. The standard InChI is InChI=1S/C20H27N3O5S2.C2H6/c1-26-17-14-15(21-7-3-8-23-9-11-28-12-10-23)4-5-16(17)22-30(25)18-6-13-29-19(18)20(24)27-2;1-2/h4-6,13-14,21-22H,3,7-12H2,1-2H3;1-2H3. The maximum Gasteiger partial charge on any atom is 0.349 e. The molecule has 1 fully saturated rings. The van der Waals surface area contributed by atoms with Gasteiger partial charge < -0.3 is 19.5 Å². The number of anilines is 2. The van der Waals surface area contributed by atoms with Crippen LogP contribution in [0.5, 0.6) is 5.75 Å². The van der Waals surface area contributed by atoms with E-state index in [0.717, 1.165) is 51.5 Å². The van der Waals surface area contributed by atoms with Gasteiger partial charge in [-0.2, -0.15) is 0 Å². The summed E-state index contributed by atoms with van der Waals surface area (Å²) in [5.74, 6) is 0.0649. The molecule has 2 heterocycles. The van der Waals surface area contributed by atoms with Crippen LogP contribution in [0.2, 0.25) is 0 Å². The van der Waals surface area contributed by atoms with Gasteiger partial charge in [-0.05, 0) is 36.5 Å². The molecule has 1 aromatic carbocycles. The number of nitrogens with one attached hydrogen (secondary N) is 2. The molecule has 0 amide bonds. The van der Waals surface area contributed by atoms with Crippen LogP contribution in [-0.4, -0.2) is 68.7 Å². The van der Waals surface area contributed by atoms with Crippen LogP contribution in [0, 0.1) is 0 Å². The Morgan fingerprint density at radius 1 is 1.22 bits per heavy atom. The zero-order valence-electron chi connectivity index (χ0n) is 19.1. The number of morpholine rings is 1. The Labute approximate surface area is 196 Å². The van der Waals surface area contributed by atoms with Crippen molar-refractivity contribution in [3.8, 4) is 5.75 Å². The third kappa shape index (κ3) is 7.47. The minimum Gasteiger partial charge on any atom is -0.494 e. The predicted octanol–water partition coefficient (Wildman–Crippen LogP) is 3.84. The van der Waals surface area contributed by atoms with Crippen LogP contribution in [0.3, 0.4) is 0 Å². The van der Waals surface area contributed by atoms with Crippen molar-refractivity contribution in [3.63, 3.8) is 0 Å². The number of ether oxygens (including phenoxy) is 3. The molecule has 1 aliphatic heterocycles. The van der Waals surface area contributed by atoms with Gasteiger partial charge in [0.1, 0.15) is 10.6 Å². The number of thiophene rings is 1. The topological polar surface area (TPSA) is 89.1 Å². The van der Waals surface area contributed by atoms with Crippen molar-refractivity contribution in [2.75, 3.05) is 63.7 Å². The average molecular weight is 484 g/mol. The van der Waals surface area contributed by atoms with Crippen LogP contribution in [0.1, 0.15) is 29.9 Å². The Kier molecular flexibility index (Phi) is 11.5. The highest BCUT2D eigenvalue weighted by Gasteiger charge is 2.19. The first-order chi connectivity index (χ1) is 15.6. The summed E-state index contributed by atoms with van der Waals surface area (Å²) in [5.41, 5.74) is 1.51. The maximum atomic E-state index is 12.7. The lowest BCUT2D eigenvalue weighted by molar-refractivity contribution is 0.0378. The van der Waals surface area contributed by atoms with E-state index in [1.165, 1.54) is 18.4 Å². The quantitative estimate of drug-likeness (QED) is 0.392. The van der Waals surface area contributed by atoms with Crippen LogP contribution < -0.4 is 14.8 Å². The number of benzene rings is 1. The Hall–Kier alpha value is -2.14. The molecular formula is C22H33N3O5S2. The molecule has 178 valence electrons. The van der Waals surface area contributed by atoms with Crippen LogP contribution >= 0.6 is 11.3 Å². The fourth-order valence-electron chi connectivity index (χ4n) is 3.09. The molecule has 1 aliphatic rings. The first-order valence-corrected chi connectivity index (χ1v) is 12.7. The van der Waals surface area contributed by atoms with Gasteiger partial charge in [0.15, 0.2) is 11.0 Å². The summed E-state index contributed by atoms with van der Waals surface area (Å²) in [7, 11) is 1.25. The third-order valence-corrected chi connectivity index (χ3v) is 6.86. The molecular weight excluding hydrogens is 450 g/mol. The van der Waals surface area contributed by atoms with Gasteiger partial charge in [-0.15, -0.1) is 11.3 Å². The summed E-state index contributed by atoms with van der Waals surface area (Å²) in [6, 6.07) is 7.23. The van der Waals surface area contributed by atoms with Gasteiger partial charge in [0.25, 0.3) is 0 Å². The van der Waals surface area contributed by atoms with Gasteiger partial charge in [0.2, 0.25) is 0 Å². The van der Waals surface area contributed by atoms with E-state index in [1.54, 1.807) is 18.6 Å². The Balaban J connectivity index is 0.00000176. The molecule has 0 aliphatic carbocycles. The highest BCUT2D eigenvalue weighted by Crippen LogP contribution is 2.30. The lowest BCUT2D eigenvalue weighted by Crippen LogP contribution is -2.37. The van der Waals surface area contributed by atoms with Gasteiger partial charge in [0.05, 0.1) is 38.0 Å². The monoisotopic (exact) mass is 483 g/mol. The molecule has 0 saturated carbocycles. The summed E-state index contributed by atoms with van der Waals surface area (Å²) in [4.78, 5) is 14.9. The van der Waals surface area contributed by atoms with Gasteiger partial charge in [0, 0.05) is 31.4 Å². The van der Waals surface area contributed by atoms with Crippen molar-refractivity contribution in [1.29, 1.82) is 0 Å². The summed E-state index contributed by atoms with van der Waals surface area (Å²) in [6.45, 7) is 9.49. The second kappa shape index (κ2) is 14.1. The second-order valence-corrected chi connectivity index (χ2v) is 8.72. The van der Waals surface area contributed by atoms with Crippen molar-refractivity contribution in [2.45, 2.75) is 25.2 Å². The van der Waals surface area contributed by atoms with Crippen molar-refractivity contribution >= 4 is 39.7 Å². The van der Waals surface area contributed by atoms with Gasteiger partial charge >= 0.3 is 5.97 Å². The summed E-state index contributed by atoms with van der Waals surface area (Å²) in [6.07, 6.45) is 1.03. The molecule has 10 heteroatoms. The van der Waals surface area contributed by atoms with E-state index in [9.17, 15) is 9.00 Å². The van der Waals surface area contributed by atoms with Crippen molar-refractivity contribution < 1.29 is 23.2 Å². The molecule has 1 atom stereocenters. The lowest BCUT2D eigenvalue weighted by Gasteiger charge is -2.26. The maximum absolute atomic E-state index is 12.7. The molecule has 3 rings (SSSR count). The van der Waals surface area contributed by atoms with Crippen molar-refractivity contribution in [1.82, 2.24) is 4.90 Å². The highest BCUT2D eigenvalue weighted by molar-refractivity contribution is 7.86. The number of carbonyl (C=O) groups excluding carboxylic acids is 1. The normalized spacial score (nSPS) is 14.6. The molecule has 0 radical (unpaired) electrons. The van der Waals surface area contributed by atoms with Crippen LogP contribution in [0.15, 0.2) is 34.5 Å². The Morgan fingerprint density at radius 3 is 2.66 bits per heavy atom. The van der Waals surface area contributed by atoms with Gasteiger partial charge in [-0.1, -0.05) is 13.8 Å². The Bertz CT molecular complexity index is 869. The van der Waals surface area contributed by atoms with E-state index < -0.39 is 17.0 Å². The fourth-order valence-corrected chi connectivity index (χ4v) is 5.17.